The van der Waals surface area contributed by atoms with E-state index in [9.17, 15) is 9.59 Å². The molecule has 4 heteroatoms. The molecule has 2 fully saturated rings. The van der Waals surface area contributed by atoms with E-state index < -0.39 is 0 Å². The number of rotatable bonds is 7. The van der Waals surface area contributed by atoms with Crippen LogP contribution in [-0.2, 0) is 0 Å². The minimum absolute atomic E-state index is 0.126. The number of carbonyl (C=O) groups excluding carboxylic acids is 2. The van der Waals surface area contributed by atoms with Crippen LogP contribution in [0.15, 0.2) is 24.3 Å². The first-order valence-electron chi connectivity index (χ1n) is 8.88. The Bertz CT molecular complexity index is 599. The highest BCUT2D eigenvalue weighted by Gasteiger charge is 2.39. The zero-order chi connectivity index (χ0) is 16.0. The molecule has 0 radical (unpaired) electrons. The second-order valence-electron chi connectivity index (χ2n) is 7.21. The third-order valence-electron chi connectivity index (χ3n) is 5.52. The molecule has 1 unspecified atom stereocenters. The Morgan fingerprint density at radius 1 is 1.09 bits per heavy atom. The summed E-state index contributed by atoms with van der Waals surface area (Å²) in [4.78, 5) is 28.8. The van der Waals surface area contributed by atoms with E-state index in [1.165, 1.54) is 30.6 Å². The molecule has 1 aliphatic heterocycles. The molecule has 1 aromatic rings. The summed E-state index contributed by atoms with van der Waals surface area (Å²) in [6, 6.07) is 8.54. The maximum Gasteiger partial charge on any atom is 0.261 e. The zero-order valence-corrected chi connectivity index (χ0v) is 13.7. The Kier molecular flexibility index (Phi) is 3.72. The van der Waals surface area contributed by atoms with E-state index in [4.69, 9.17) is 0 Å². The lowest BCUT2D eigenvalue weighted by Crippen LogP contribution is -2.39. The van der Waals surface area contributed by atoms with Crippen molar-refractivity contribution in [2.24, 2.45) is 5.92 Å². The zero-order valence-electron chi connectivity index (χ0n) is 13.7. The highest BCUT2D eigenvalue weighted by molar-refractivity contribution is 6.21. The molecule has 0 bridgehead atoms. The summed E-state index contributed by atoms with van der Waals surface area (Å²) < 4.78 is 0. The van der Waals surface area contributed by atoms with Crippen LogP contribution in [0, 0.1) is 5.92 Å². The van der Waals surface area contributed by atoms with E-state index in [1.807, 2.05) is 12.1 Å². The van der Waals surface area contributed by atoms with Gasteiger partial charge < -0.3 is 0 Å². The predicted molar refractivity (Wildman–Crippen MR) is 88.3 cm³/mol. The molecule has 3 aliphatic rings. The Balaban J connectivity index is 1.36. The lowest BCUT2D eigenvalue weighted by molar-refractivity contribution is 0.0642. The quantitative estimate of drug-likeness (QED) is 0.727. The van der Waals surface area contributed by atoms with Gasteiger partial charge in [-0.3, -0.25) is 19.4 Å². The molecule has 122 valence electrons. The average Bonchev–Trinajstić information content (AvgIpc) is 3.46. The van der Waals surface area contributed by atoms with Gasteiger partial charge in [0.2, 0.25) is 0 Å². The molecule has 0 saturated heterocycles. The highest BCUT2D eigenvalue weighted by atomic mass is 16.2. The molecule has 2 amide bonds. The number of carbonyl (C=O) groups is 2. The van der Waals surface area contributed by atoms with Gasteiger partial charge in [0.05, 0.1) is 11.1 Å². The Labute approximate surface area is 137 Å². The monoisotopic (exact) mass is 312 g/mol. The normalized spacial score (nSPS) is 21.9. The van der Waals surface area contributed by atoms with Crippen LogP contribution in [-0.4, -0.2) is 46.8 Å². The van der Waals surface area contributed by atoms with E-state index in [0.717, 1.165) is 24.9 Å². The van der Waals surface area contributed by atoms with Crippen LogP contribution in [0.25, 0.3) is 0 Å². The van der Waals surface area contributed by atoms with Crippen molar-refractivity contribution < 1.29 is 9.59 Å². The van der Waals surface area contributed by atoms with Crippen LogP contribution in [0.1, 0.15) is 59.7 Å². The van der Waals surface area contributed by atoms with Crippen LogP contribution in [0.3, 0.4) is 0 Å². The van der Waals surface area contributed by atoms with E-state index >= 15 is 0 Å². The van der Waals surface area contributed by atoms with Gasteiger partial charge in [-0.25, -0.2) is 0 Å². The fourth-order valence-electron chi connectivity index (χ4n) is 3.83. The standard InChI is InChI=1S/C19H24N2O2/c1-13(14-7-8-14)20(15-9-10-15)11-4-12-21-18(22)16-5-2-3-6-17(16)19(21)23/h2-3,5-6,13-15H,4,7-12H2,1H3. The summed E-state index contributed by atoms with van der Waals surface area (Å²) in [5.74, 6) is 0.618. The van der Waals surface area contributed by atoms with Crippen molar-refractivity contribution in [3.63, 3.8) is 0 Å². The number of hydrogen-bond donors (Lipinski definition) is 0. The van der Waals surface area contributed by atoms with E-state index in [2.05, 4.69) is 11.8 Å². The van der Waals surface area contributed by atoms with Crippen molar-refractivity contribution in [2.75, 3.05) is 13.1 Å². The van der Waals surface area contributed by atoms with Crippen LogP contribution in [0.2, 0.25) is 0 Å². The number of imide groups is 1. The fourth-order valence-corrected chi connectivity index (χ4v) is 3.83. The summed E-state index contributed by atoms with van der Waals surface area (Å²) >= 11 is 0. The molecule has 1 aromatic carbocycles. The lowest BCUT2D eigenvalue weighted by atomic mass is 10.1. The first kappa shape index (κ1) is 14.9. The van der Waals surface area contributed by atoms with Crippen LogP contribution >= 0.6 is 0 Å². The average molecular weight is 312 g/mol. The van der Waals surface area contributed by atoms with Crippen molar-refractivity contribution in [2.45, 2.75) is 51.1 Å². The van der Waals surface area contributed by atoms with Gasteiger partial charge in [-0.1, -0.05) is 12.1 Å². The van der Waals surface area contributed by atoms with Gasteiger partial charge >= 0.3 is 0 Å². The van der Waals surface area contributed by atoms with Crippen LogP contribution in [0.5, 0.6) is 0 Å². The Morgan fingerprint density at radius 3 is 2.22 bits per heavy atom. The Hall–Kier alpha value is -1.68. The number of benzene rings is 1. The summed E-state index contributed by atoms with van der Waals surface area (Å²) in [7, 11) is 0. The lowest BCUT2D eigenvalue weighted by Gasteiger charge is -2.29. The second kappa shape index (κ2) is 5.75. The third kappa shape index (κ3) is 2.80. The van der Waals surface area contributed by atoms with Gasteiger partial charge in [0.25, 0.3) is 11.8 Å². The van der Waals surface area contributed by atoms with Gasteiger partial charge in [0, 0.05) is 25.2 Å². The molecule has 2 aliphatic carbocycles. The van der Waals surface area contributed by atoms with Gasteiger partial charge in [-0.15, -0.1) is 0 Å². The van der Waals surface area contributed by atoms with Crippen molar-refractivity contribution in [1.82, 2.24) is 9.80 Å². The minimum Gasteiger partial charge on any atom is -0.297 e. The van der Waals surface area contributed by atoms with Crippen LogP contribution < -0.4 is 0 Å². The molecule has 0 N–H and O–H groups in total. The van der Waals surface area contributed by atoms with Crippen molar-refractivity contribution in [3.05, 3.63) is 35.4 Å². The van der Waals surface area contributed by atoms with Gasteiger partial charge in [0.1, 0.15) is 0 Å². The molecule has 2 saturated carbocycles. The second-order valence-corrected chi connectivity index (χ2v) is 7.21. The molecule has 1 heterocycles. The van der Waals surface area contributed by atoms with E-state index in [-0.39, 0.29) is 11.8 Å². The maximum absolute atomic E-state index is 12.4. The van der Waals surface area contributed by atoms with Crippen molar-refractivity contribution >= 4 is 11.8 Å². The molecule has 1 atom stereocenters. The fraction of sp³-hybridized carbons (Fsp3) is 0.579. The van der Waals surface area contributed by atoms with Crippen molar-refractivity contribution in [1.29, 1.82) is 0 Å². The minimum atomic E-state index is -0.126. The predicted octanol–water partition coefficient (Wildman–Crippen LogP) is 2.94. The first-order chi connectivity index (χ1) is 11.2. The third-order valence-corrected chi connectivity index (χ3v) is 5.52. The summed E-state index contributed by atoms with van der Waals surface area (Å²) in [6.45, 7) is 3.88. The maximum atomic E-state index is 12.4. The van der Waals surface area contributed by atoms with Gasteiger partial charge in [-0.05, 0) is 57.1 Å². The molecule has 0 spiro atoms. The van der Waals surface area contributed by atoms with E-state index in [0.29, 0.717) is 23.7 Å². The molecular weight excluding hydrogens is 288 g/mol. The number of amides is 2. The summed E-state index contributed by atoms with van der Waals surface area (Å²) in [6.07, 6.45) is 6.22. The van der Waals surface area contributed by atoms with E-state index in [1.54, 1.807) is 12.1 Å². The molecule has 4 nitrogen and oxygen atoms in total. The first-order valence-corrected chi connectivity index (χ1v) is 8.88. The molecular formula is C19H24N2O2. The van der Waals surface area contributed by atoms with Crippen molar-refractivity contribution in [3.8, 4) is 0 Å². The van der Waals surface area contributed by atoms with Gasteiger partial charge in [0.15, 0.2) is 0 Å². The molecule has 0 aromatic heterocycles. The Morgan fingerprint density at radius 2 is 1.70 bits per heavy atom. The number of fused-ring (bicyclic) bond motifs is 1. The molecule has 23 heavy (non-hydrogen) atoms. The smallest absolute Gasteiger partial charge is 0.261 e. The SMILES string of the molecule is CC(C1CC1)N(CCCN1C(=O)c2ccccc2C1=O)C1CC1. The summed E-state index contributed by atoms with van der Waals surface area (Å²) in [5, 5.41) is 0. The molecule has 4 rings (SSSR count). The van der Waals surface area contributed by atoms with Crippen LogP contribution in [0.4, 0.5) is 0 Å². The number of hydrogen-bond acceptors (Lipinski definition) is 3. The highest BCUT2D eigenvalue weighted by Crippen LogP contribution is 2.39. The largest absolute Gasteiger partial charge is 0.297 e. The van der Waals surface area contributed by atoms with Gasteiger partial charge in [-0.2, -0.15) is 0 Å². The summed E-state index contributed by atoms with van der Waals surface area (Å²) in [5.41, 5.74) is 1.12. The topological polar surface area (TPSA) is 40.6 Å². The number of nitrogens with zero attached hydrogens (tertiary/aromatic N) is 2.